The lowest BCUT2D eigenvalue weighted by atomic mass is 10.3. The molecule has 20 heavy (non-hydrogen) atoms. The predicted octanol–water partition coefficient (Wildman–Crippen LogP) is 3.55. The molecule has 0 aliphatic heterocycles. The molecular formula is C15H23N4S+. The molecule has 0 saturated carbocycles. The van der Waals surface area contributed by atoms with Gasteiger partial charge in [0.25, 0.3) is 0 Å². The Balaban J connectivity index is 2.24. The molecule has 1 aromatic carbocycles. The number of hydrogen-bond donors (Lipinski definition) is 1. The Morgan fingerprint density at radius 2 is 1.90 bits per heavy atom. The third kappa shape index (κ3) is 3.54. The van der Waals surface area contributed by atoms with E-state index in [9.17, 15) is 0 Å². The van der Waals surface area contributed by atoms with E-state index in [1.807, 2.05) is 18.2 Å². The van der Waals surface area contributed by atoms with E-state index in [1.165, 1.54) is 25.7 Å². The summed E-state index contributed by atoms with van der Waals surface area (Å²) in [5.74, 6) is 0. The second kappa shape index (κ2) is 7.33. The van der Waals surface area contributed by atoms with Gasteiger partial charge < -0.3 is 4.90 Å². The van der Waals surface area contributed by atoms with Gasteiger partial charge in [0.05, 0.1) is 10.2 Å². The molecule has 0 saturated heterocycles. The van der Waals surface area contributed by atoms with Crippen molar-refractivity contribution in [1.29, 1.82) is 0 Å². The first-order valence-corrected chi connectivity index (χ1v) is 8.16. The predicted molar refractivity (Wildman–Crippen MR) is 85.7 cm³/mol. The number of nitrogens with zero attached hydrogens (tertiary/aromatic N) is 3. The van der Waals surface area contributed by atoms with Gasteiger partial charge in [0.15, 0.2) is 5.13 Å². The molecule has 1 heterocycles. The van der Waals surface area contributed by atoms with Gasteiger partial charge in [-0.2, -0.15) is 5.53 Å². The summed E-state index contributed by atoms with van der Waals surface area (Å²) in [7, 11) is 0. The molecule has 0 spiro atoms. The summed E-state index contributed by atoms with van der Waals surface area (Å²) in [6.45, 7) is 6.63. The molecule has 0 aliphatic carbocycles. The Kier molecular flexibility index (Phi) is 5.47. The van der Waals surface area contributed by atoms with Crippen molar-refractivity contribution >= 4 is 32.4 Å². The first-order valence-electron chi connectivity index (χ1n) is 7.35. The molecule has 0 atom stereocenters. The fraction of sp³-hybridized carbons (Fsp3) is 0.533. The van der Waals surface area contributed by atoms with Gasteiger partial charge >= 0.3 is 0 Å². The van der Waals surface area contributed by atoms with Crippen LogP contribution >= 0.6 is 11.3 Å². The quantitative estimate of drug-likeness (QED) is 0.756. The van der Waals surface area contributed by atoms with Crippen LogP contribution in [0.4, 0.5) is 10.8 Å². The van der Waals surface area contributed by atoms with Gasteiger partial charge in [-0.15, -0.1) is 0 Å². The van der Waals surface area contributed by atoms with Crippen LogP contribution in [-0.2, 0) is 0 Å². The molecule has 0 unspecified atom stereocenters. The Labute approximate surface area is 124 Å². The molecule has 108 valence electrons. The maximum absolute atomic E-state index is 5.34. The molecule has 2 aromatic rings. The van der Waals surface area contributed by atoms with Gasteiger partial charge in [-0.25, -0.2) is 4.98 Å². The van der Waals surface area contributed by atoms with Crippen LogP contribution < -0.4 is 10.4 Å². The van der Waals surface area contributed by atoms with Crippen LogP contribution in [0.5, 0.6) is 0 Å². The van der Waals surface area contributed by atoms with Crippen molar-refractivity contribution in [3.63, 3.8) is 0 Å². The molecule has 4 nitrogen and oxygen atoms in total. The fourth-order valence-corrected chi connectivity index (χ4v) is 3.17. The molecule has 0 bridgehead atoms. The molecule has 0 radical (unpaired) electrons. The van der Waals surface area contributed by atoms with E-state index in [1.54, 1.807) is 11.3 Å². The van der Waals surface area contributed by atoms with Crippen LogP contribution in [0.25, 0.3) is 10.2 Å². The van der Waals surface area contributed by atoms with Crippen molar-refractivity contribution in [3.8, 4) is 0 Å². The summed E-state index contributed by atoms with van der Waals surface area (Å²) in [6, 6.07) is 5.92. The molecule has 2 N–H and O–H groups in total. The van der Waals surface area contributed by atoms with Gasteiger partial charge in [0, 0.05) is 13.1 Å². The smallest absolute Gasteiger partial charge is 0.186 e. The third-order valence-corrected chi connectivity index (χ3v) is 4.42. The maximum atomic E-state index is 5.34. The van der Waals surface area contributed by atoms with Crippen molar-refractivity contribution in [2.75, 3.05) is 18.0 Å². The molecule has 2 rings (SSSR count). The number of fused-ring (bicyclic) bond motifs is 1. The second-order valence-electron chi connectivity index (χ2n) is 4.97. The maximum Gasteiger partial charge on any atom is 0.186 e. The lowest BCUT2D eigenvalue weighted by Gasteiger charge is -2.21. The molecule has 0 amide bonds. The van der Waals surface area contributed by atoms with Gasteiger partial charge in [-0.05, 0) is 36.2 Å². The van der Waals surface area contributed by atoms with Gasteiger partial charge in [-0.3, -0.25) is 0 Å². The van der Waals surface area contributed by atoms with E-state index in [0.29, 0.717) is 0 Å². The number of hydrogen-bond acceptors (Lipinski definition) is 4. The van der Waals surface area contributed by atoms with Gasteiger partial charge in [0.2, 0.25) is 0 Å². The third-order valence-electron chi connectivity index (χ3n) is 3.34. The van der Waals surface area contributed by atoms with E-state index in [4.69, 9.17) is 10.5 Å². The number of rotatable bonds is 8. The zero-order valence-electron chi connectivity index (χ0n) is 12.3. The summed E-state index contributed by atoms with van der Waals surface area (Å²) < 4.78 is 1.16. The average molecular weight is 291 g/mol. The summed E-state index contributed by atoms with van der Waals surface area (Å²) in [4.78, 5) is 7.17. The highest BCUT2D eigenvalue weighted by Gasteiger charge is 2.12. The lowest BCUT2D eigenvalue weighted by molar-refractivity contribution is -0.210. The summed E-state index contributed by atoms with van der Waals surface area (Å²) >= 11 is 1.74. The molecule has 0 aliphatic rings. The summed E-state index contributed by atoms with van der Waals surface area (Å²) in [5, 5.41) is 4.86. The Hall–Kier alpha value is -1.49. The monoisotopic (exact) mass is 291 g/mol. The highest BCUT2D eigenvalue weighted by molar-refractivity contribution is 7.22. The standard InChI is InChI=1S/C15H22N4S/c1-3-5-9-19(10-6-4-2)15-17-13-8-7-12(18-16)11-14(13)20-15/h7-8,11,16H,3-6,9-10H2,1-2H3/p+1. The number of benzene rings is 1. The van der Waals surface area contributed by atoms with E-state index in [0.717, 1.165) is 34.1 Å². The van der Waals surface area contributed by atoms with Crippen LogP contribution in [0.2, 0.25) is 0 Å². The van der Waals surface area contributed by atoms with Crippen LogP contribution in [-0.4, -0.2) is 18.1 Å². The second-order valence-corrected chi connectivity index (χ2v) is 5.98. The highest BCUT2D eigenvalue weighted by Crippen LogP contribution is 2.31. The van der Waals surface area contributed by atoms with Crippen LogP contribution in [0.3, 0.4) is 0 Å². The highest BCUT2D eigenvalue weighted by atomic mass is 32.1. The van der Waals surface area contributed by atoms with E-state index < -0.39 is 0 Å². The van der Waals surface area contributed by atoms with Crippen LogP contribution in [0, 0.1) is 0 Å². The van der Waals surface area contributed by atoms with Crippen molar-refractivity contribution in [2.24, 2.45) is 5.11 Å². The van der Waals surface area contributed by atoms with E-state index in [2.05, 4.69) is 23.9 Å². The lowest BCUT2D eigenvalue weighted by Crippen LogP contribution is -2.25. The molecule has 1 aromatic heterocycles. The van der Waals surface area contributed by atoms with Crippen molar-refractivity contribution < 1.29 is 5.53 Å². The zero-order valence-corrected chi connectivity index (χ0v) is 13.1. The number of nitrogens with two attached hydrogens (primary N) is 1. The first kappa shape index (κ1) is 14.9. The van der Waals surface area contributed by atoms with Gasteiger partial charge in [0.1, 0.15) is 5.69 Å². The zero-order chi connectivity index (χ0) is 14.4. The first-order chi connectivity index (χ1) is 9.78. The van der Waals surface area contributed by atoms with Crippen molar-refractivity contribution in [1.82, 2.24) is 4.98 Å². The van der Waals surface area contributed by atoms with Crippen molar-refractivity contribution in [2.45, 2.75) is 39.5 Å². The topological polar surface area (TPSA) is 54.1 Å². The minimum absolute atomic E-state index is 0.807. The van der Waals surface area contributed by atoms with Crippen LogP contribution in [0.15, 0.2) is 23.3 Å². The number of unbranched alkanes of at least 4 members (excludes halogenated alkanes) is 2. The van der Waals surface area contributed by atoms with Crippen molar-refractivity contribution in [3.05, 3.63) is 18.2 Å². The van der Waals surface area contributed by atoms with E-state index in [-0.39, 0.29) is 0 Å². The van der Waals surface area contributed by atoms with Crippen LogP contribution in [0.1, 0.15) is 39.5 Å². The Bertz CT molecular complexity index is 556. The normalized spacial score (nSPS) is 10.9. The average Bonchev–Trinajstić information content (AvgIpc) is 2.90. The minimum atomic E-state index is 0.807. The molecule has 5 heteroatoms. The molecular weight excluding hydrogens is 268 g/mol. The Morgan fingerprint density at radius 1 is 1.20 bits per heavy atom. The Morgan fingerprint density at radius 3 is 2.50 bits per heavy atom. The summed E-state index contributed by atoms with van der Waals surface area (Å²) in [6.07, 6.45) is 4.85. The van der Waals surface area contributed by atoms with Gasteiger partial charge in [-0.1, -0.05) is 38.0 Å². The summed E-state index contributed by atoms with van der Waals surface area (Å²) in [5.41, 5.74) is 7.18. The number of anilines is 1. The fourth-order valence-electron chi connectivity index (χ4n) is 2.12. The largest absolute Gasteiger partial charge is 0.348 e. The number of aromatic nitrogens is 1. The minimum Gasteiger partial charge on any atom is -0.348 e. The van der Waals surface area contributed by atoms with E-state index >= 15 is 0 Å². The number of thiazole rings is 1. The molecule has 0 fully saturated rings. The SMILES string of the molecule is CCCCN(CCCC)c1nc2ccc(N=[NH2+])cc2s1.